The Labute approximate surface area is 59.1 Å². The first-order valence-corrected chi connectivity index (χ1v) is 3.49. The standard InChI is InChI=1S/C6H10N2O2/c9-6-5-3-7-1-2-8(5)4-10-6/h5,7H,1-4H2. The van der Waals surface area contributed by atoms with Crippen molar-refractivity contribution in [2.75, 3.05) is 26.4 Å². The molecule has 4 heteroatoms. The normalized spacial score (nSPS) is 33.6. The Kier molecular flexibility index (Phi) is 1.35. The van der Waals surface area contributed by atoms with E-state index in [1.165, 1.54) is 0 Å². The highest BCUT2D eigenvalue weighted by molar-refractivity contribution is 5.77. The maximum Gasteiger partial charge on any atom is 0.326 e. The summed E-state index contributed by atoms with van der Waals surface area (Å²) in [6, 6.07) is -0.00579. The fraction of sp³-hybridized carbons (Fsp3) is 0.833. The fourth-order valence-electron chi connectivity index (χ4n) is 1.38. The van der Waals surface area contributed by atoms with E-state index >= 15 is 0 Å². The number of rotatable bonds is 0. The second kappa shape index (κ2) is 2.21. The Morgan fingerprint density at radius 1 is 1.70 bits per heavy atom. The molecule has 0 amide bonds. The highest BCUT2D eigenvalue weighted by Crippen LogP contribution is 2.11. The number of cyclic esters (lactones) is 1. The van der Waals surface area contributed by atoms with Crippen molar-refractivity contribution in [3.63, 3.8) is 0 Å². The van der Waals surface area contributed by atoms with Gasteiger partial charge in [0.1, 0.15) is 12.8 Å². The van der Waals surface area contributed by atoms with E-state index in [0.29, 0.717) is 6.73 Å². The number of piperazine rings is 1. The molecule has 1 N–H and O–H groups in total. The van der Waals surface area contributed by atoms with E-state index in [1.54, 1.807) is 0 Å². The summed E-state index contributed by atoms with van der Waals surface area (Å²) in [7, 11) is 0. The van der Waals surface area contributed by atoms with Crippen molar-refractivity contribution in [2.45, 2.75) is 6.04 Å². The molecular weight excluding hydrogens is 132 g/mol. The minimum absolute atomic E-state index is 0.00579. The number of hydrogen-bond donors (Lipinski definition) is 1. The molecule has 0 aromatic rings. The fourth-order valence-corrected chi connectivity index (χ4v) is 1.38. The molecule has 2 rings (SSSR count). The van der Waals surface area contributed by atoms with Gasteiger partial charge >= 0.3 is 5.97 Å². The molecule has 0 aromatic carbocycles. The predicted octanol–water partition coefficient (Wildman–Crippen LogP) is -1.23. The van der Waals surface area contributed by atoms with Gasteiger partial charge in [-0.3, -0.25) is 9.69 Å². The van der Waals surface area contributed by atoms with Gasteiger partial charge in [0.2, 0.25) is 0 Å². The summed E-state index contributed by atoms with van der Waals surface area (Å²) in [6.07, 6.45) is 0. The van der Waals surface area contributed by atoms with Crippen molar-refractivity contribution < 1.29 is 9.53 Å². The molecule has 0 radical (unpaired) electrons. The summed E-state index contributed by atoms with van der Waals surface area (Å²) in [5.74, 6) is -0.0767. The van der Waals surface area contributed by atoms with Crippen LogP contribution in [0.4, 0.5) is 0 Å². The Balaban J connectivity index is 2.08. The molecule has 0 saturated carbocycles. The van der Waals surface area contributed by atoms with Crippen molar-refractivity contribution in [3.8, 4) is 0 Å². The van der Waals surface area contributed by atoms with Crippen LogP contribution in [-0.2, 0) is 9.53 Å². The van der Waals surface area contributed by atoms with E-state index in [-0.39, 0.29) is 12.0 Å². The lowest BCUT2D eigenvalue weighted by atomic mass is 10.2. The summed E-state index contributed by atoms with van der Waals surface area (Å²) in [4.78, 5) is 13.0. The van der Waals surface area contributed by atoms with Crippen LogP contribution in [0.15, 0.2) is 0 Å². The van der Waals surface area contributed by atoms with Gasteiger partial charge in [-0.05, 0) is 0 Å². The van der Waals surface area contributed by atoms with Gasteiger partial charge in [0.25, 0.3) is 0 Å². The molecule has 2 heterocycles. The van der Waals surface area contributed by atoms with Gasteiger partial charge in [0.05, 0.1) is 0 Å². The number of nitrogens with zero attached hydrogens (tertiary/aromatic N) is 1. The number of carbonyl (C=O) groups excluding carboxylic acids is 1. The number of carbonyl (C=O) groups is 1. The van der Waals surface area contributed by atoms with Crippen molar-refractivity contribution in [1.82, 2.24) is 10.2 Å². The van der Waals surface area contributed by atoms with Crippen LogP contribution in [0.3, 0.4) is 0 Å². The highest BCUT2D eigenvalue weighted by Gasteiger charge is 2.35. The van der Waals surface area contributed by atoms with Gasteiger partial charge in [-0.25, -0.2) is 0 Å². The second-order valence-corrected chi connectivity index (χ2v) is 2.62. The van der Waals surface area contributed by atoms with Gasteiger partial charge in [-0.15, -0.1) is 0 Å². The first-order valence-electron chi connectivity index (χ1n) is 3.49. The second-order valence-electron chi connectivity index (χ2n) is 2.62. The zero-order chi connectivity index (χ0) is 6.97. The molecule has 4 nitrogen and oxygen atoms in total. The smallest absolute Gasteiger partial charge is 0.326 e. The summed E-state index contributed by atoms with van der Waals surface area (Å²) in [6.45, 7) is 3.13. The lowest BCUT2D eigenvalue weighted by Crippen LogP contribution is -2.49. The Morgan fingerprint density at radius 2 is 2.60 bits per heavy atom. The molecule has 2 aliphatic heterocycles. The molecule has 0 bridgehead atoms. The monoisotopic (exact) mass is 142 g/mol. The number of ether oxygens (including phenoxy) is 1. The lowest BCUT2D eigenvalue weighted by Gasteiger charge is -2.25. The highest BCUT2D eigenvalue weighted by atomic mass is 16.6. The Bertz CT molecular complexity index is 160. The van der Waals surface area contributed by atoms with E-state index in [9.17, 15) is 4.79 Å². The van der Waals surface area contributed by atoms with Crippen molar-refractivity contribution in [1.29, 1.82) is 0 Å². The largest absolute Gasteiger partial charge is 0.448 e. The van der Waals surface area contributed by atoms with E-state index in [4.69, 9.17) is 4.74 Å². The summed E-state index contributed by atoms with van der Waals surface area (Å²) in [5, 5.41) is 3.14. The van der Waals surface area contributed by atoms with Crippen LogP contribution in [0.25, 0.3) is 0 Å². The van der Waals surface area contributed by atoms with Crippen molar-refractivity contribution in [3.05, 3.63) is 0 Å². The first-order chi connectivity index (χ1) is 4.88. The van der Waals surface area contributed by atoms with Gasteiger partial charge in [-0.1, -0.05) is 0 Å². The van der Waals surface area contributed by atoms with Gasteiger partial charge in [-0.2, -0.15) is 0 Å². The van der Waals surface area contributed by atoms with E-state index in [1.807, 2.05) is 0 Å². The average molecular weight is 142 g/mol. The molecule has 56 valence electrons. The first kappa shape index (κ1) is 6.12. The molecule has 2 saturated heterocycles. The number of esters is 1. The molecule has 2 fully saturated rings. The molecule has 1 atom stereocenters. The third kappa shape index (κ3) is 0.803. The van der Waals surface area contributed by atoms with Gasteiger partial charge in [0.15, 0.2) is 0 Å². The summed E-state index contributed by atoms with van der Waals surface area (Å²) < 4.78 is 4.85. The van der Waals surface area contributed by atoms with Gasteiger partial charge in [0, 0.05) is 19.6 Å². The van der Waals surface area contributed by atoms with Crippen LogP contribution in [-0.4, -0.2) is 43.3 Å². The predicted molar refractivity (Wildman–Crippen MR) is 34.3 cm³/mol. The third-order valence-corrected chi connectivity index (χ3v) is 2.00. The minimum Gasteiger partial charge on any atom is -0.448 e. The molecule has 10 heavy (non-hydrogen) atoms. The Morgan fingerprint density at radius 3 is 3.40 bits per heavy atom. The van der Waals surface area contributed by atoms with Crippen molar-refractivity contribution in [2.24, 2.45) is 0 Å². The Hall–Kier alpha value is -0.610. The number of hydrogen-bond acceptors (Lipinski definition) is 4. The van der Waals surface area contributed by atoms with E-state index in [2.05, 4.69) is 10.2 Å². The SMILES string of the molecule is O=C1OCN2CCNCC12. The van der Waals surface area contributed by atoms with Crippen LogP contribution in [0, 0.1) is 0 Å². The molecule has 0 spiro atoms. The van der Waals surface area contributed by atoms with E-state index < -0.39 is 0 Å². The van der Waals surface area contributed by atoms with Crippen LogP contribution >= 0.6 is 0 Å². The molecule has 0 aromatic heterocycles. The number of nitrogens with one attached hydrogen (secondary N) is 1. The third-order valence-electron chi connectivity index (χ3n) is 2.00. The van der Waals surface area contributed by atoms with Crippen LogP contribution in [0.5, 0.6) is 0 Å². The minimum atomic E-state index is -0.0767. The quantitative estimate of drug-likeness (QED) is 0.430. The van der Waals surface area contributed by atoms with Crippen LogP contribution in [0.1, 0.15) is 0 Å². The average Bonchev–Trinajstić information content (AvgIpc) is 2.34. The summed E-state index contributed by atoms with van der Waals surface area (Å²) >= 11 is 0. The van der Waals surface area contributed by atoms with Crippen molar-refractivity contribution >= 4 is 5.97 Å². The zero-order valence-corrected chi connectivity index (χ0v) is 5.67. The maximum atomic E-state index is 10.9. The number of fused-ring (bicyclic) bond motifs is 1. The zero-order valence-electron chi connectivity index (χ0n) is 5.67. The van der Waals surface area contributed by atoms with Crippen LogP contribution in [0.2, 0.25) is 0 Å². The molecule has 1 unspecified atom stereocenters. The molecule has 2 aliphatic rings. The van der Waals surface area contributed by atoms with Gasteiger partial charge < -0.3 is 10.1 Å². The lowest BCUT2D eigenvalue weighted by molar-refractivity contribution is -0.139. The summed E-state index contributed by atoms with van der Waals surface area (Å²) in [5.41, 5.74) is 0. The van der Waals surface area contributed by atoms with Crippen LogP contribution < -0.4 is 5.32 Å². The molecule has 0 aliphatic carbocycles. The topological polar surface area (TPSA) is 41.6 Å². The molecular formula is C6H10N2O2. The maximum absolute atomic E-state index is 10.9. The van der Waals surface area contributed by atoms with E-state index in [0.717, 1.165) is 19.6 Å².